The highest BCUT2D eigenvalue weighted by atomic mass is 35.5. The fourth-order valence-electron chi connectivity index (χ4n) is 4.18. The standard InChI is InChI=1S/C25H22ClF2NO6S/c1-14-18(25(30)31)10-15-6-7-16(35-13-19-20(26)4-3-5-21(19)27)11-23(15)29(14)36(32,33)17-8-9-22(28)24(12-17)34-2/h3-9,11-12,14,18H,10,13H2,1-2H3,(H,30,31). The number of carboxylic acid groups (broad SMARTS) is 1. The number of hydrogen-bond donors (Lipinski definition) is 1. The molecule has 2 unspecified atom stereocenters. The van der Waals surface area contributed by atoms with Crippen LogP contribution in [0.2, 0.25) is 5.02 Å². The summed E-state index contributed by atoms with van der Waals surface area (Å²) in [6, 6.07) is 10.9. The van der Waals surface area contributed by atoms with Crippen molar-refractivity contribution < 1.29 is 36.6 Å². The number of aliphatic carboxylic acids is 1. The molecule has 0 fully saturated rings. The lowest BCUT2D eigenvalue weighted by atomic mass is 9.88. The quantitative estimate of drug-likeness (QED) is 0.453. The summed E-state index contributed by atoms with van der Waals surface area (Å²) in [5.41, 5.74) is 0.814. The number of hydrogen-bond acceptors (Lipinski definition) is 5. The fraction of sp³-hybridized carbons (Fsp3) is 0.240. The van der Waals surface area contributed by atoms with E-state index in [9.17, 15) is 27.1 Å². The predicted octanol–water partition coefficient (Wildman–Crippen LogP) is 5.05. The zero-order valence-corrected chi connectivity index (χ0v) is 20.8. The average molecular weight is 538 g/mol. The van der Waals surface area contributed by atoms with Crippen molar-refractivity contribution in [3.05, 3.63) is 82.4 Å². The van der Waals surface area contributed by atoms with E-state index in [2.05, 4.69) is 0 Å². The molecule has 190 valence electrons. The zero-order chi connectivity index (χ0) is 26.2. The first kappa shape index (κ1) is 25.7. The van der Waals surface area contributed by atoms with Crippen molar-refractivity contribution in [1.82, 2.24) is 0 Å². The largest absolute Gasteiger partial charge is 0.494 e. The third kappa shape index (κ3) is 4.70. The van der Waals surface area contributed by atoms with Crippen LogP contribution in [-0.4, -0.2) is 32.6 Å². The van der Waals surface area contributed by atoms with Crippen molar-refractivity contribution in [1.29, 1.82) is 0 Å². The Balaban J connectivity index is 1.77. The molecule has 1 aliphatic rings. The van der Waals surface area contributed by atoms with Crippen LogP contribution >= 0.6 is 11.6 Å². The molecule has 0 bridgehead atoms. The SMILES string of the molecule is COc1cc(S(=O)(=O)N2c3cc(OCc4c(F)cccc4Cl)ccc3CC(C(=O)O)C2C)ccc1F. The maximum atomic E-state index is 14.1. The summed E-state index contributed by atoms with van der Waals surface area (Å²) in [5.74, 6) is -3.51. The summed E-state index contributed by atoms with van der Waals surface area (Å²) >= 11 is 6.06. The Morgan fingerprint density at radius 3 is 2.56 bits per heavy atom. The summed E-state index contributed by atoms with van der Waals surface area (Å²) < 4.78 is 67.2. The number of sulfonamides is 1. The molecular formula is C25H22ClF2NO6S. The molecule has 11 heteroatoms. The van der Waals surface area contributed by atoms with Gasteiger partial charge in [0, 0.05) is 17.7 Å². The van der Waals surface area contributed by atoms with Gasteiger partial charge in [-0.15, -0.1) is 0 Å². The monoisotopic (exact) mass is 537 g/mol. The van der Waals surface area contributed by atoms with E-state index in [1.54, 1.807) is 12.1 Å². The number of fused-ring (bicyclic) bond motifs is 1. The van der Waals surface area contributed by atoms with E-state index in [0.717, 1.165) is 22.5 Å². The van der Waals surface area contributed by atoms with Crippen LogP contribution in [0.4, 0.5) is 14.5 Å². The van der Waals surface area contributed by atoms with E-state index in [4.69, 9.17) is 21.1 Å². The maximum Gasteiger partial charge on any atom is 0.308 e. The van der Waals surface area contributed by atoms with Crippen molar-refractivity contribution >= 4 is 33.3 Å². The summed E-state index contributed by atoms with van der Waals surface area (Å²) in [7, 11) is -3.14. The van der Waals surface area contributed by atoms with Crippen LogP contribution in [0.15, 0.2) is 59.5 Å². The molecule has 2 atom stereocenters. The minimum Gasteiger partial charge on any atom is -0.494 e. The van der Waals surface area contributed by atoms with Gasteiger partial charge >= 0.3 is 5.97 Å². The van der Waals surface area contributed by atoms with Gasteiger partial charge in [-0.2, -0.15) is 0 Å². The Morgan fingerprint density at radius 2 is 1.89 bits per heavy atom. The van der Waals surface area contributed by atoms with Gasteiger partial charge in [0.15, 0.2) is 11.6 Å². The van der Waals surface area contributed by atoms with Crippen LogP contribution in [0.25, 0.3) is 0 Å². The molecule has 1 heterocycles. The van der Waals surface area contributed by atoms with Gasteiger partial charge in [-0.3, -0.25) is 9.10 Å². The van der Waals surface area contributed by atoms with E-state index in [0.29, 0.717) is 5.56 Å². The minimum absolute atomic E-state index is 0.0873. The number of halogens is 3. The number of methoxy groups -OCH3 is 1. The molecule has 36 heavy (non-hydrogen) atoms. The highest BCUT2D eigenvalue weighted by Gasteiger charge is 2.42. The van der Waals surface area contributed by atoms with E-state index < -0.39 is 39.6 Å². The lowest BCUT2D eigenvalue weighted by molar-refractivity contribution is -0.142. The van der Waals surface area contributed by atoms with E-state index in [-0.39, 0.29) is 45.7 Å². The molecule has 0 amide bonds. The van der Waals surface area contributed by atoms with E-state index in [1.807, 2.05) is 0 Å². The van der Waals surface area contributed by atoms with Gasteiger partial charge in [-0.25, -0.2) is 17.2 Å². The molecule has 0 spiro atoms. The fourth-order valence-corrected chi connectivity index (χ4v) is 6.14. The van der Waals surface area contributed by atoms with Crippen LogP contribution in [0, 0.1) is 17.6 Å². The highest BCUT2D eigenvalue weighted by Crippen LogP contribution is 2.41. The first-order valence-electron chi connectivity index (χ1n) is 10.8. The summed E-state index contributed by atoms with van der Waals surface area (Å²) in [4.78, 5) is 11.7. The topological polar surface area (TPSA) is 93.1 Å². The zero-order valence-electron chi connectivity index (χ0n) is 19.2. The molecule has 0 saturated heterocycles. The van der Waals surface area contributed by atoms with Crippen molar-refractivity contribution in [2.24, 2.45) is 5.92 Å². The lowest BCUT2D eigenvalue weighted by Gasteiger charge is -2.39. The maximum absolute atomic E-state index is 14.1. The predicted molar refractivity (Wildman–Crippen MR) is 129 cm³/mol. The number of rotatable bonds is 7. The van der Waals surface area contributed by atoms with Crippen molar-refractivity contribution in [3.8, 4) is 11.5 Å². The first-order chi connectivity index (χ1) is 17.0. The minimum atomic E-state index is -4.35. The van der Waals surface area contributed by atoms with Gasteiger partial charge in [0.2, 0.25) is 0 Å². The number of nitrogens with zero attached hydrogens (tertiary/aromatic N) is 1. The van der Waals surface area contributed by atoms with Crippen LogP contribution in [0.5, 0.6) is 11.5 Å². The highest BCUT2D eigenvalue weighted by molar-refractivity contribution is 7.92. The van der Waals surface area contributed by atoms with Gasteiger partial charge in [-0.05, 0) is 49.2 Å². The normalized spacial score (nSPS) is 17.4. The van der Waals surface area contributed by atoms with Gasteiger partial charge in [0.05, 0.1) is 34.7 Å². The molecule has 7 nitrogen and oxygen atoms in total. The number of ether oxygens (including phenoxy) is 2. The molecule has 0 radical (unpaired) electrons. The lowest BCUT2D eigenvalue weighted by Crippen LogP contribution is -2.49. The Morgan fingerprint density at radius 1 is 1.14 bits per heavy atom. The smallest absolute Gasteiger partial charge is 0.308 e. The summed E-state index contributed by atoms with van der Waals surface area (Å²) in [6.45, 7) is 1.28. The molecule has 3 aromatic rings. The second-order valence-corrected chi connectivity index (χ2v) is 10.5. The van der Waals surface area contributed by atoms with Crippen LogP contribution in [-0.2, 0) is 27.8 Å². The third-order valence-electron chi connectivity index (χ3n) is 6.13. The Labute approximate surface area is 211 Å². The third-order valence-corrected chi connectivity index (χ3v) is 8.38. The van der Waals surface area contributed by atoms with Crippen LogP contribution < -0.4 is 13.8 Å². The Bertz CT molecular complexity index is 1410. The average Bonchev–Trinajstić information content (AvgIpc) is 2.83. The molecule has 4 rings (SSSR count). The summed E-state index contributed by atoms with van der Waals surface area (Å²) in [6.07, 6.45) is 0.0873. The van der Waals surface area contributed by atoms with Crippen LogP contribution in [0.3, 0.4) is 0 Å². The molecular weight excluding hydrogens is 516 g/mol. The van der Waals surface area contributed by atoms with Gasteiger partial charge < -0.3 is 14.6 Å². The first-order valence-corrected chi connectivity index (χ1v) is 12.7. The second-order valence-electron chi connectivity index (χ2n) is 8.27. The van der Waals surface area contributed by atoms with Crippen LogP contribution in [0.1, 0.15) is 18.1 Å². The number of anilines is 1. The number of carboxylic acids is 1. The second kappa shape index (κ2) is 9.94. The Hall–Kier alpha value is -3.37. The summed E-state index contributed by atoms with van der Waals surface area (Å²) in [5, 5.41) is 9.94. The van der Waals surface area contributed by atoms with E-state index >= 15 is 0 Å². The van der Waals surface area contributed by atoms with Crippen molar-refractivity contribution in [2.45, 2.75) is 30.9 Å². The van der Waals surface area contributed by atoms with Gasteiger partial charge in [0.25, 0.3) is 10.0 Å². The molecule has 1 N–H and O–H groups in total. The molecule has 1 aliphatic heterocycles. The molecule has 0 aliphatic carbocycles. The van der Waals surface area contributed by atoms with Gasteiger partial charge in [-0.1, -0.05) is 23.7 Å². The van der Waals surface area contributed by atoms with Crippen molar-refractivity contribution in [2.75, 3.05) is 11.4 Å². The van der Waals surface area contributed by atoms with E-state index in [1.165, 1.54) is 38.3 Å². The molecule has 0 aromatic heterocycles. The number of carbonyl (C=O) groups is 1. The number of benzene rings is 3. The molecule has 0 saturated carbocycles. The Kier molecular flexibility index (Phi) is 7.10. The van der Waals surface area contributed by atoms with Crippen molar-refractivity contribution in [3.63, 3.8) is 0 Å². The molecule has 3 aromatic carbocycles. The van der Waals surface area contributed by atoms with Gasteiger partial charge in [0.1, 0.15) is 18.2 Å².